The molecule has 0 aliphatic carbocycles. The molecule has 75 heavy (non-hydrogen) atoms. The maximum Gasteiger partial charge on any atom is 0.421 e. The number of carbonyl (C=O) groups is 3. The van der Waals surface area contributed by atoms with Gasteiger partial charge in [0.1, 0.15) is 28.8 Å². The maximum absolute atomic E-state index is 14.8. The summed E-state index contributed by atoms with van der Waals surface area (Å²) in [5, 5.41) is 15.7. The second-order valence-corrected chi connectivity index (χ2v) is 25.8. The average Bonchev–Trinajstić information content (AvgIpc) is 3.92. The number of nitrogens with two attached hydrogens (primary N) is 1. The number of carbonyl (C=O) groups excluding carboxylic acids is 3. The van der Waals surface area contributed by atoms with Crippen LogP contribution < -0.4 is 9.86 Å². The molecule has 2 aromatic heterocycles. The van der Waals surface area contributed by atoms with Gasteiger partial charge in [0.25, 0.3) is 0 Å². The number of aromatic nitrogens is 4. The van der Waals surface area contributed by atoms with E-state index in [1.807, 2.05) is 57.9 Å². The van der Waals surface area contributed by atoms with Crippen molar-refractivity contribution in [2.75, 3.05) is 11.5 Å². The summed E-state index contributed by atoms with van der Waals surface area (Å²) in [5.41, 5.74) is 5.43. The summed E-state index contributed by atoms with van der Waals surface area (Å²) in [6.07, 6.45) is 0.289. The lowest BCUT2D eigenvalue weighted by molar-refractivity contribution is -0.119. The van der Waals surface area contributed by atoms with Gasteiger partial charge in [-0.2, -0.15) is 10.2 Å². The number of nitrogens with zero attached hydrogens (tertiary/aromatic N) is 4. The van der Waals surface area contributed by atoms with E-state index in [1.54, 1.807) is 49.7 Å². The number of aryl methyl sites for hydroxylation is 4. The monoisotopic (exact) mass is 1110 g/mol. The van der Waals surface area contributed by atoms with Gasteiger partial charge in [-0.05, 0) is 129 Å². The molecule has 0 saturated heterocycles. The first-order chi connectivity index (χ1) is 34.7. The quantitative estimate of drug-likeness (QED) is 0.0786. The molecule has 1 amide bonds. The highest BCUT2D eigenvalue weighted by molar-refractivity contribution is 7.90. The highest BCUT2D eigenvalue weighted by Gasteiger charge is 2.25. The Morgan fingerprint density at radius 2 is 1.01 bits per heavy atom. The molecule has 6 rings (SSSR count). The lowest BCUT2D eigenvalue weighted by atomic mass is 9.92. The van der Waals surface area contributed by atoms with E-state index in [-0.39, 0.29) is 77.8 Å². The third-order valence-electron chi connectivity index (χ3n) is 11.5. The van der Waals surface area contributed by atoms with Crippen molar-refractivity contribution < 1.29 is 44.7 Å². The average molecular weight is 1110 g/mol. The highest BCUT2D eigenvalue weighted by Crippen LogP contribution is 2.28. The molecule has 2 heterocycles. The first-order valence-electron chi connectivity index (χ1n) is 24.3. The van der Waals surface area contributed by atoms with E-state index in [9.17, 15) is 40.0 Å². The molecule has 0 fully saturated rings. The molecule has 0 spiro atoms. The lowest BCUT2D eigenvalue weighted by Crippen LogP contribution is -2.37. The number of ketones is 2. The largest absolute Gasteiger partial charge is 0.443 e. The Morgan fingerprint density at radius 3 is 1.37 bits per heavy atom. The van der Waals surface area contributed by atoms with Gasteiger partial charge in [-0.15, -0.1) is 0 Å². The number of hydrogen-bond donors (Lipinski definition) is 2. The smallest absolute Gasteiger partial charge is 0.421 e. The molecule has 4 aromatic carbocycles. The van der Waals surface area contributed by atoms with Gasteiger partial charge in [-0.25, -0.2) is 49.6 Å². The van der Waals surface area contributed by atoms with Crippen molar-refractivity contribution in [1.82, 2.24) is 24.3 Å². The van der Waals surface area contributed by atoms with Gasteiger partial charge in [-0.1, -0.05) is 101 Å². The minimum absolute atomic E-state index is 0.0114. The number of Topliss-reactive ketones (excluding diaryl/α,β-unsaturated/α-hetero) is 2. The molecule has 0 saturated carbocycles. The molecule has 0 unspecified atom stereocenters. The molecule has 0 atom stereocenters. The summed E-state index contributed by atoms with van der Waals surface area (Å²) >= 11 is 12.4. The second-order valence-electron chi connectivity index (χ2n) is 21.4. The molecule has 0 radical (unpaired) electrons. The van der Waals surface area contributed by atoms with Gasteiger partial charge in [0.15, 0.2) is 0 Å². The molecule has 20 heteroatoms. The van der Waals surface area contributed by atoms with Gasteiger partial charge < -0.3 is 4.74 Å². The summed E-state index contributed by atoms with van der Waals surface area (Å²) in [6, 6.07) is 27.5. The summed E-state index contributed by atoms with van der Waals surface area (Å²) in [4.78, 5) is 37.3. The number of amides is 1. The molecule has 404 valence electrons. The minimum Gasteiger partial charge on any atom is -0.443 e. The topological polar surface area (TPSA) is 202 Å². The third-order valence-corrected chi connectivity index (χ3v) is 14.0. The number of halogens is 4. The third kappa shape index (κ3) is 19.4. The standard InChI is InChI=1S/C30H37ClFN3O5S.C25H29ClFN3O3S/c1-29(2,3)27-19-24(35(33-27)23-9-7-8-22(31)18-23)12-13-25(36)16-20-10-11-21(26(32)17-20)14-15-41(38,39)34-28(37)40-30(4,5)6;1-25(2,3)24-16-21(30(29-24)20-6-4-5-19(26)15-20)9-10-22(31)13-17-7-8-18(23(27)14-17)11-12-34(28,32)33/h7-11,17-19H,12-16H2,1-6H3,(H,34,37);4-8,14-16H,9-13H2,1-3H3,(H2,28,32,33). The Hall–Kier alpha value is -5.79. The normalized spacial score (nSPS) is 12.2. The van der Waals surface area contributed by atoms with Crippen LogP contribution in [0.25, 0.3) is 11.4 Å². The Bertz CT molecular complexity index is 3250. The number of hydrogen-bond acceptors (Lipinski definition) is 10. The number of primary sulfonamides is 1. The molecule has 6 aromatic rings. The number of nitrogens with one attached hydrogen (secondary N) is 1. The Labute approximate surface area is 449 Å². The van der Waals surface area contributed by atoms with Crippen LogP contribution in [0, 0.1) is 11.6 Å². The van der Waals surface area contributed by atoms with Crippen LogP contribution in [0.15, 0.2) is 97.1 Å². The van der Waals surface area contributed by atoms with Gasteiger partial charge in [0.2, 0.25) is 20.0 Å². The van der Waals surface area contributed by atoms with Crippen LogP contribution >= 0.6 is 23.2 Å². The highest BCUT2D eigenvalue weighted by atomic mass is 35.5. The predicted molar refractivity (Wildman–Crippen MR) is 290 cm³/mol. The van der Waals surface area contributed by atoms with Crippen molar-refractivity contribution in [1.29, 1.82) is 0 Å². The summed E-state index contributed by atoms with van der Waals surface area (Å²) in [6.45, 7) is 17.3. The van der Waals surface area contributed by atoms with Crippen LogP contribution in [0.2, 0.25) is 10.0 Å². The van der Waals surface area contributed by atoms with Crippen LogP contribution in [0.5, 0.6) is 0 Å². The summed E-state index contributed by atoms with van der Waals surface area (Å²) in [7, 11) is -7.70. The fraction of sp³-hybridized carbons (Fsp3) is 0.400. The first kappa shape index (κ1) is 60.1. The SMILES string of the molecule is CC(C)(C)OC(=O)NS(=O)(=O)CCc1ccc(CC(=O)CCc2cc(C(C)(C)C)nn2-c2cccc(Cl)c2)cc1F.CC(C)(C)c1cc(CCC(=O)Cc2ccc(CCS(N)(=O)=O)c(F)c2)n(-c2cccc(Cl)c2)n1. The van der Waals surface area contributed by atoms with Gasteiger partial charge in [0, 0.05) is 57.9 Å². The second kappa shape index (κ2) is 24.9. The van der Waals surface area contributed by atoms with E-state index in [0.717, 1.165) is 34.2 Å². The zero-order chi connectivity index (χ0) is 55.7. The van der Waals surface area contributed by atoms with E-state index >= 15 is 0 Å². The maximum atomic E-state index is 14.8. The van der Waals surface area contributed by atoms with Crippen molar-refractivity contribution in [2.24, 2.45) is 5.14 Å². The molecule has 14 nitrogen and oxygen atoms in total. The number of ether oxygens (including phenoxy) is 1. The predicted octanol–water partition coefficient (Wildman–Crippen LogP) is 10.6. The van der Waals surface area contributed by atoms with Gasteiger partial charge >= 0.3 is 6.09 Å². The van der Waals surface area contributed by atoms with Crippen molar-refractivity contribution >= 4 is 60.9 Å². The van der Waals surface area contributed by atoms with E-state index < -0.39 is 49.1 Å². The molecule has 0 aliphatic heterocycles. The number of benzene rings is 4. The lowest BCUT2D eigenvalue weighted by Gasteiger charge is -2.19. The van der Waals surface area contributed by atoms with Crippen molar-refractivity contribution in [3.8, 4) is 11.4 Å². The number of sulfonamides is 2. The van der Waals surface area contributed by atoms with E-state index in [0.29, 0.717) is 34.0 Å². The molecule has 0 aliphatic rings. The fourth-order valence-electron chi connectivity index (χ4n) is 7.54. The number of rotatable bonds is 19. The molecule has 3 N–H and O–H groups in total. The van der Waals surface area contributed by atoms with E-state index in [4.69, 9.17) is 43.3 Å². The minimum atomic E-state index is -4.02. The van der Waals surface area contributed by atoms with Crippen LogP contribution in [0.1, 0.15) is 120 Å². The van der Waals surface area contributed by atoms with Crippen molar-refractivity contribution in [2.45, 2.75) is 130 Å². The van der Waals surface area contributed by atoms with Crippen LogP contribution in [0.3, 0.4) is 0 Å². The van der Waals surface area contributed by atoms with Crippen LogP contribution in [-0.2, 0) is 83.7 Å². The van der Waals surface area contributed by atoms with Gasteiger partial charge in [-0.3, -0.25) is 9.59 Å². The van der Waals surface area contributed by atoms with Crippen molar-refractivity contribution in [3.63, 3.8) is 0 Å². The molecular formula is C55H66Cl2F2N6O8S2. The Morgan fingerprint density at radius 1 is 0.600 bits per heavy atom. The fourth-order valence-corrected chi connectivity index (χ4v) is 9.30. The molecule has 0 bridgehead atoms. The summed E-state index contributed by atoms with van der Waals surface area (Å²) < 4.78 is 86.1. The Balaban J connectivity index is 0.000000282. The Kier molecular flexibility index (Phi) is 20.0. The van der Waals surface area contributed by atoms with E-state index in [2.05, 4.69) is 41.5 Å². The first-order valence-corrected chi connectivity index (χ1v) is 28.4. The van der Waals surface area contributed by atoms with Crippen LogP contribution in [0.4, 0.5) is 13.6 Å². The zero-order valence-electron chi connectivity index (χ0n) is 43.8. The molecular weight excluding hydrogens is 1050 g/mol. The van der Waals surface area contributed by atoms with Crippen LogP contribution in [-0.4, -0.2) is 71.2 Å². The van der Waals surface area contributed by atoms with Gasteiger partial charge in [0.05, 0.1) is 34.3 Å². The van der Waals surface area contributed by atoms with Crippen molar-refractivity contribution in [3.05, 3.63) is 164 Å². The van der Waals surface area contributed by atoms with E-state index in [1.165, 1.54) is 24.3 Å². The summed E-state index contributed by atoms with van der Waals surface area (Å²) in [5.74, 6) is -2.10. The zero-order valence-corrected chi connectivity index (χ0v) is 46.9.